The summed E-state index contributed by atoms with van der Waals surface area (Å²) in [5.41, 5.74) is 0. The first kappa shape index (κ1) is 17.9. The van der Waals surface area contributed by atoms with Crippen LogP contribution in [-0.4, -0.2) is 47.7 Å². The monoisotopic (exact) mass is 305 g/mol. The number of carbonyl (C=O) groups is 2. The number of carbonyl (C=O) groups excluding carboxylic acids is 2. The first-order valence-electron chi connectivity index (χ1n) is 4.36. The van der Waals surface area contributed by atoms with Gasteiger partial charge in [-0.05, 0) is 0 Å². The van der Waals surface area contributed by atoms with E-state index in [-0.39, 0.29) is 34.8 Å². The molecule has 1 atom stereocenters. The van der Waals surface area contributed by atoms with Crippen molar-refractivity contribution in [3.8, 4) is 0 Å². The second-order valence-electron chi connectivity index (χ2n) is 3.00. The number of aliphatic carboxylic acids is 1. The van der Waals surface area contributed by atoms with Crippen molar-refractivity contribution in [3.05, 3.63) is 0 Å². The van der Waals surface area contributed by atoms with E-state index in [2.05, 4.69) is 9.73 Å². The average Bonchev–Trinajstić information content (AvgIpc) is 2.64. The molecular formula is C7H8NNaO7S2. The average molecular weight is 305 g/mol. The minimum absolute atomic E-state index is 0. The van der Waals surface area contributed by atoms with Gasteiger partial charge in [0.25, 0.3) is 15.3 Å². The molecular weight excluding hydrogens is 297 g/mol. The Bertz CT molecular complexity index is 460. The van der Waals surface area contributed by atoms with E-state index < -0.39 is 33.7 Å². The van der Waals surface area contributed by atoms with Crippen LogP contribution in [0, 0.1) is 0 Å². The zero-order valence-electron chi connectivity index (χ0n) is 9.36. The molecule has 1 N–H and O–H groups in total. The Kier molecular flexibility index (Phi) is 7.40. The largest absolute Gasteiger partial charge is 1.00 e. The van der Waals surface area contributed by atoms with Crippen LogP contribution in [0.2, 0.25) is 0 Å². The maximum absolute atomic E-state index is 11.3. The van der Waals surface area contributed by atoms with Gasteiger partial charge in [0.05, 0.1) is 6.54 Å². The van der Waals surface area contributed by atoms with Gasteiger partial charge in [-0.15, -0.1) is 0 Å². The Hall–Kier alpha value is -0.130. The zero-order valence-corrected chi connectivity index (χ0v) is 13.0. The van der Waals surface area contributed by atoms with Gasteiger partial charge in [0.1, 0.15) is 0 Å². The molecule has 0 aromatic carbocycles. The summed E-state index contributed by atoms with van der Waals surface area (Å²) in [5, 5.41) is 8.03. The van der Waals surface area contributed by atoms with E-state index in [0.717, 1.165) is 11.8 Å². The predicted octanol–water partition coefficient (Wildman–Crippen LogP) is -4.97. The van der Waals surface area contributed by atoms with Gasteiger partial charge in [0, 0.05) is 18.1 Å². The minimum atomic E-state index is -4.86. The van der Waals surface area contributed by atoms with Crippen molar-refractivity contribution in [2.45, 2.75) is 11.7 Å². The number of aliphatic imine (C=N–C) groups is 1. The standard InChI is InChI=1S/C7H9NO7S2.Na/c9-5(10)3-4(17(12,13)14)6(11)15-7-8-1-2-16-7;/h4H,1-3H2,(H,9,10)(H,12,13,14);/q;+1/p-1. The first-order valence-corrected chi connectivity index (χ1v) is 6.84. The normalized spacial score (nSPS) is 16.4. The van der Waals surface area contributed by atoms with Gasteiger partial charge in [-0.3, -0.25) is 9.35 Å². The topological polar surface area (TPSA) is 133 Å². The van der Waals surface area contributed by atoms with Crippen LogP contribution in [0.25, 0.3) is 0 Å². The Morgan fingerprint density at radius 3 is 2.56 bits per heavy atom. The molecule has 0 aliphatic carbocycles. The predicted molar refractivity (Wildman–Crippen MR) is 55.8 cm³/mol. The van der Waals surface area contributed by atoms with Crippen LogP contribution in [0.5, 0.6) is 0 Å². The molecule has 8 nitrogen and oxygen atoms in total. The molecule has 0 amide bonds. The molecule has 0 fully saturated rings. The number of ether oxygens (including phenoxy) is 1. The van der Waals surface area contributed by atoms with Crippen molar-refractivity contribution in [1.29, 1.82) is 0 Å². The van der Waals surface area contributed by atoms with E-state index in [1.165, 1.54) is 0 Å². The van der Waals surface area contributed by atoms with Crippen molar-refractivity contribution in [2.24, 2.45) is 4.99 Å². The molecule has 18 heavy (non-hydrogen) atoms. The molecule has 0 saturated carbocycles. The second-order valence-corrected chi connectivity index (χ2v) is 5.64. The third-order valence-electron chi connectivity index (χ3n) is 1.72. The minimum Gasteiger partial charge on any atom is -0.550 e. The van der Waals surface area contributed by atoms with E-state index in [0.29, 0.717) is 12.3 Å². The van der Waals surface area contributed by atoms with Crippen LogP contribution in [0.1, 0.15) is 6.42 Å². The molecule has 96 valence electrons. The van der Waals surface area contributed by atoms with Crippen molar-refractivity contribution >= 4 is 39.0 Å². The molecule has 1 rings (SSSR count). The molecule has 0 aromatic heterocycles. The summed E-state index contributed by atoms with van der Waals surface area (Å²) in [6, 6.07) is 0. The van der Waals surface area contributed by atoms with Gasteiger partial charge in [0.2, 0.25) is 0 Å². The molecule has 0 aromatic rings. The van der Waals surface area contributed by atoms with E-state index in [9.17, 15) is 23.1 Å². The number of esters is 1. The molecule has 11 heteroatoms. The Balaban J connectivity index is 0.00000289. The van der Waals surface area contributed by atoms with E-state index in [4.69, 9.17) is 4.55 Å². The number of rotatable bonds is 4. The zero-order chi connectivity index (χ0) is 13.1. The summed E-state index contributed by atoms with van der Waals surface area (Å²) in [5.74, 6) is -2.59. The van der Waals surface area contributed by atoms with E-state index in [1.807, 2.05) is 0 Å². The van der Waals surface area contributed by atoms with Crippen molar-refractivity contribution in [3.63, 3.8) is 0 Å². The molecule has 1 unspecified atom stereocenters. The number of thioether (sulfide) groups is 1. The SMILES string of the molecule is O=C([O-])CC(C(=O)OC1=NCCS1)S(=O)(=O)O.[Na+]. The fourth-order valence-electron chi connectivity index (χ4n) is 0.991. The van der Waals surface area contributed by atoms with Gasteiger partial charge in [0.15, 0.2) is 5.25 Å². The molecule has 1 aliphatic rings. The van der Waals surface area contributed by atoms with Crippen LogP contribution in [-0.2, 0) is 24.4 Å². The number of hydrogen-bond acceptors (Lipinski definition) is 8. The van der Waals surface area contributed by atoms with E-state index >= 15 is 0 Å². The molecule has 1 heterocycles. The third-order valence-corrected chi connectivity index (χ3v) is 3.64. The van der Waals surface area contributed by atoms with Crippen LogP contribution >= 0.6 is 11.8 Å². The summed E-state index contributed by atoms with van der Waals surface area (Å²) in [6.45, 7) is 0.421. The summed E-state index contributed by atoms with van der Waals surface area (Å²) < 4.78 is 34.8. The number of hydrogen-bond donors (Lipinski definition) is 1. The van der Waals surface area contributed by atoms with Crippen LogP contribution in [0.15, 0.2) is 4.99 Å². The fraction of sp³-hybridized carbons (Fsp3) is 0.571. The number of carboxylic acids is 1. The van der Waals surface area contributed by atoms with Gasteiger partial charge >= 0.3 is 35.5 Å². The molecule has 0 spiro atoms. The third kappa shape index (κ3) is 5.67. The van der Waals surface area contributed by atoms with Crippen molar-refractivity contribution in [1.82, 2.24) is 0 Å². The van der Waals surface area contributed by atoms with Crippen molar-refractivity contribution in [2.75, 3.05) is 12.3 Å². The fourth-order valence-corrected chi connectivity index (χ4v) is 2.31. The van der Waals surface area contributed by atoms with E-state index in [1.54, 1.807) is 0 Å². The van der Waals surface area contributed by atoms with Crippen LogP contribution in [0.4, 0.5) is 0 Å². The molecule has 0 saturated heterocycles. The maximum atomic E-state index is 11.3. The summed E-state index contributed by atoms with van der Waals surface area (Å²) in [7, 11) is -4.86. The first-order chi connectivity index (χ1) is 7.80. The van der Waals surface area contributed by atoms with Crippen molar-refractivity contribution < 1.29 is 62.0 Å². The van der Waals surface area contributed by atoms with Crippen LogP contribution in [0.3, 0.4) is 0 Å². The molecule has 1 aliphatic heterocycles. The maximum Gasteiger partial charge on any atom is 1.00 e. The second kappa shape index (κ2) is 7.46. The van der Waals surface area contributed by atoms with Gasteiger partial charge in [-0.2, -0.15) is 8.42 Å². The van der Waals surface area contributed by atoms with Gasteiger partial charge in [-0.25, -0.2) is 4.99 Å². The molecule has 0 bridgehead atoms. The molecule has 0 radical (unpaired) electrons. The summed E-state index contributed by atoms with van der Waals surface area (Å²) in [6.07, 6.45) is -1.17. The van der Waals surface area contributed by atoms with Gasteiger partial charge < -0.3 is 14.6 Å². The number of carboxylic acid groups (broad SMARTS) is 1. The van der Waals surface area contributed by atoms with Gasteiger partial charge in [-0.1, -0.05) is 11.8 Å². The van der Waals surface area contributed by atoms with Crippen LogP contribution < -0.4 is 34.7 Å². The Morgan fingerprint density at radius 1 is 1.56 bits per heavy atom. The summed E-state index contributed by atoms with van der Waals surface area (Å²) >= 11 is 1.09. The Morgan fingerprint density at radius 2 is 2.17 bits per heavy atom. The quantitative estimate of drug-likeness (QED) is 0.310. The Labute approximate surface area is 129 Å². The smallest absolute Gasteiger partial charge is 0.550 e. The summed E-state index contributed by atoms with van der Waals surface area (Å²) in [4.78, 5) is 25.3. The number of nitrogens with zero attached hydrogens (tertiary/aromatic N) is 1.